The van der Waals surface area contributed by atoms with Crippen molar-refractivity contribution in [3.8, 4) is 0 Å². The first-order valence-corrected chi connectivity index (χ1v) is 3.01. The van der Waals surface area contributed by atoms with Crippen LogP contribution in [0.5, 0.6) is 0 Å². The normalized spacial score (nSPS) is 26.9. The first-order valence-electron chi connectivity index (χ1n) is 3.01. The molecule has 1 saturated heterocycles. The maximum atomic E-state index is 3.87. The lowest BCUT2D eigenvalue weighted by atomic mass is 10.3. The largest absolute Gasteiger partial charge is 0.364 e. The van der Waals surface area contributed by atoms with Crippen LogP contribution in [0.4, 0.5) is 0 Å². The molecule has 0 aromatic heterocycles. The van der Waals surface area contributed by atoms with Crippen LogP contribution in [0, 0.1) is 0 Å². The molecule has 2 nitrogen and oxygen atoms in total. The second-order valence-electron chi connectivity index (χ2n) is 2.36. The molecule has 9 heavy (non-hydrogen) atoms. The van der Waals surface area contributed by atoms with E-state index in [0.29, 0.717) is 6.04 Å². The van der Waals surface area contributed by atoms with Crippen molar-refractivity contribution in [3.63, 3.8) is 0 Å². The summed E-state index contributed by atoms with van der Waals surface area (Å²) in [5.41, 5.74) is 1.08. The van der Waals surface area contributed by atoms with Gasteiger partial charge in [-0.3, -0.25) is 0 Å². The zero-order valence-corrected chi connectivity index (χ0v) is 5.94. The van der Waals surface area contributed by atoms with Crippen molar-refractivity contribution in [1.82, 2.24) is 10.2 Å². The monoisotopic (exact) mass is 124 g/mol. The van der Waals surface area contributed by atoms with E-state index < -0.39 is 0 Å². The van der Waals surface area contributed by atoms with Crippen LogP contribution in [0.3, 0.4) is 0 Å². The van der Waals surface area contributed by atoms with Crippen molar-refractivity contribution in [3.05, 3.63) is 24.7 Å². The molecule has 2 heteroatoms. The van der Waals surface area contributed by atoms with E-state index in [9.17, 15) is 0 Å². The van der Waals surface area contributed by atoms with Crippen molar-refractivity contribution >= 4 is 0 Å². The molecule has 0 amide bonds. The Morgan fingerprint density at radius 2 is 2.11 bits per heavy atom. The molecule has 1 atom stereocenters. The molecule has 0 aromatic rings. The highest BCUT2D eigenvalue weighted by Crippen LogP contribution is 2.16. The minimum Gasteiger partial charge on any atom is -0.364 e. The Labute approximate surface area is 55.9 Å². The zero-order chi connectivity index (χ0) is 7.02. The van der Waals surface area contributed by atoms with Gasteiger partial charge in [0.1, 0.15) is 0 Å². The number of hydrogen-bond donors (Lipinski definition) is 1. The van der Waals surface area contributed by atoms with Crippen LogP contribution in [0.2, 0.25) is 0 Å². The number of nitrogens with zero attached hydrogens (tertiary/aromatic N) is 1. The molecule has 1 N–H and O–H groups in total. The quantitative estimate of drug-likeness (QED) is 0.516. The van der Waals surface area contributed by atoms with E-state index in [1.807, 2.05) is 11.9 Å². The third-order valence-corrected chi connectivity index (χ3v) is 1.72. The molecule has 1 rings (SSSR count). The van der Waals surface area contributed by atoms with Crippen LogP contribution >= 0.6 is 0 Å². The Morgan fingerprint density at radius 1 is 1.56 bits per heavy atom. The van der Waals surface area contributed by atoms with Gasteiger partial charge in [-0.25, -0.2) is 0 Å². The van der Waals surface area contributed by atoms with Crippen molar-refractivity contribution in [2.75, 3.05) is 7.05 Å². The second kappa shape index (κ2) is 1.79. The van der Waals surface area contributed by atoms with Crippen LogP contribution in [0.15, 0.2) is 24.7 Å². The van der Waals surface area contributed by atoms with Gasteiger partial charge in [-0.2, -0.15) is 0 Å². The van der Waals surface area contributed by atoms with Gasteiger partial charge < -0.3 is 10.2 Å². The molecule has 0 radical (unpaired) electrons. The van der Waals surface area contributed by atoms with Crippen molar-refractivity contribution in [2.45, 2.75) is 13.0 Å². The second-order valence-corrected chi connectivity index (χ2v) is 2.36. The smallest absolute Gasteiger partial charge is 0.0984 e. The minimum atomic E-state index is 0.350. The topological polar surface area (TPSA) is 15.3 Å². The van der Waals surface area contributed by atoms with Crippen molar-refractivity contribution < 1.29 is 0 Å². The summed E-state index contributed by atoms with van der Waals surface area (Å²) in [6, 6.07) is 0.350. The van der Waals surface area contributed by atoms with Crippen LogP contribution in [0.25, 0.3) is 0 Å². The molecule has 0 aromatic carbocycles. The average Bonchev–Trinajstić information content (AvgIpc) is 1.98. The molecule has 1 aliphatic heterocycles. The maximum absolute atomic E-state index is 3.87. The molecular weight excluding hydrogens is 112 g/mol. The van der Waals surface area contributed by atoms with E-state index in [2.05, 4.69) is 25.4 Å². The van der Waals surface area contributed by atoms with E-state index in [4.69, 9.17) is 0 Å². The summed E-state index contributed by atoms with van der Waals surface area (Å²) in [6.45, 7) is 9.73. The Balaban J connectivity index is 2.77. The molecule has 1 aliphatic rings. The average molecular weight is 124 g/mol. The summed E-state index contributed by atoms with van der Waals surface area (Å²) in [7, 11) is 1.96. The Hall–Kier alpha value is -0.920. The summed E-state index contributed by atoms with van der Waals surface area (Å²) in [5.74, 6) is 0.938. The highest BCUT2D eigenvalue weighted by atomic mass is 15.3. The molecule has 0 bridgehead atoms. The molecule has 0 aliphatic carbocycles. The summed E-state index contributed by atoms with van der Waals surface area (Å²) < 4.78 is 0. The fourth-order valence-electron chi connectivity index (χ4n) is 0.894. The van der Waals surface area contributed by atoms with Crippen LogP contribution in [-0.4, -0.2) is 18.0 Å². The van der Waals surface area contributed by atoms with Gasteiger partial charge in [0, 0.05) is 12.7 Å². The number of rotatable bonds is 0. The number of likely N-dealkylation sites (N-methyl/N-ethyl adjacent to an activating group) is 1. The van der Waals surface area contributed by atoms with E-state index in [1.54, 1.807) is 0 Å². The lowest BCUT2D eigenvalue weighted by Gasteiger charge is -2.10. The number of hydrogen-bond acceptors (Lipinski definition) is 2. The summed E-state index contributed by atoms with van der Waals surface area (Å²) in [5, 5.41) is 3.15. The molecule has 50 valence electrons. The van der Waals surface area contributed by atoms with Crippen LogP contribution in [-0.2, 0) is 0 Å². The standard InChI is InChI=1S/C7H12N2/c1-5-6(2)9(4)7(3)8-5/h5,8H,2-3H2,1,4H3. The van der Waals surface area contributed by atoms with Gasteiger partial charge in [0.15, 0.2) is 0 Å². The SMILES string of the molecule is C=C1NC(C)C(=C)N1C. The third kappa shape index (κ3) is 0.803. The zero-order valence-electron chi connectivity index (χ0n) is 5.94. The van der Waals surface area contributed by atoms with Crippen LogP contribution in [0.1, 0.15) is 6.92 Å². The van der Waals surface area contributed by atoms with E-state index in [-0.39, 0.29) is 0 Å². The van der Waals surface area contributed by atoms with Crippen molar-refractivity contribution in [2.24, 2.45) is 0 Å². The maximum Gasteiger partial charge on any atom is 0.0984 e. The molecule has 0 saturated carbocycles. The van der Waals surface area contributed by atoms with Gasteiger partial charge in [-0.15, -0.1) is 0 Å². The minimum absolute atomic E-state index is 0.350. The Morgan fingerprint density at radius 3 is 2.22 bits per heavy atom. The fraction of sp³-hybridized carbons (Fsp3) is 0.429. The Kier molecular flexibility index (Phi) is 1.24. The molecule has 1 fully saturated rings. The predicted molar refractivity (Wildman–Crippen MR) is 38.6 cm³/mol. The highest BCUT2D eigenvalue weighted by molar-refractivity contribution is 5.18. The predicted octanol–water partition coefficient (Wildman–Crippen LogP) is 0.895. The van der Waals surface area contributed by atoms with Gasteiger partial charge >= 0.3 is 0 Å². The molecular formula is C7H12N2. The summed E-state index contributed by atoms with van der Waals surface area (Å²) in [6.07, 6.45) is 0. The number of nitrogens with one attached hydrogen (secondary N) is 1. The lowest BCUT2D eigenvalue weighted by Crippen LogP contribution is -2.15. The van der Waals surface area contributed by atoms with Gasteiger partial charge in [0.25, 0.3) is 0 Å². The van der Waals surface area contributed by atoms with Crippen molar-refractivity contribution in [1.29, 1.82) is 0 Å². The van der Waals surface area contributed by atoms with E-state index >= 15 is 0 Å². The highest BCUT2D eigenvalue weighted by Gasteiger charge is 2.20. The molecule has 0 spiro atoms. The molecule has 1 heterocycles. The van der Waals surface area contributed by atoms with Gasteiger partial charge in [-0.05, 0) is 6.92 Å². The summed E-state index contributed by atoms with van der Waals surface area (Å²) in [4.78, 5) is 1.96. The fourth-order valence-corrected chi connectivity index (χ4v) is 0.894. The lowest BCUT2D eigenvalue weighted by molar-refractivity contribution is 0.555. The summed E-state index contributed by atoms with van der Waals surface area (Å²) >= 11 is 0. The Bertz CT molecular complexity index is 160. The van der Waals surface area contributed by atoms with E-state index in [0.717, 1.165) is 11.5 Å². The first-order chi connectivity index (χ1) is 4.13. The molecule has 1 unspecified atom stereocenters. The first kappa shape index (κ1) is 6.20. The van der Waals surface area contributed by atoms with Gasteiger partial charge in [0.05, 0.1) is 11.9 Å². The van der Waals surface area contributed by atoms with Gasteiger partial charge in [0.2, 0.25) is 0 Å². The van der Waals surface area contributed by atoms with Crippen LogP contribution < -0.4 is 5.32 Å². The van der Waals surface area contributed by atoms with E-state index in [1.165, 1.54) is 0 Å². The van der Waals surface area contributed by atoms with Gasteiger partial charge in [-0.1, -0.05) is 13.2 Å². The third-order valence-electron chi connectivity index (χ3n) is 1.72.